The molecule has 100 valence electrons. The van der Waals surface area contributed by atoms with E-state index >= 15 is 0 Å². The van der Waals surface area contributed by atoms with Crippen molar-refractivity contribution >= 4 is 37.8 Å². The van der Waals surface area contributed by atoms with E-state index in [1.807, 2.05) is 37.3 Å². The number of H-pyrrole nitrogens is 1. The summed E-state index contributed by atoms with van der Waals surface area (Å²) in [7, 11) is 0. The number of carbonyl (C=O) groups excluding carboxylic acids is 1. The zero-order valence-corrected chi connectivity index (χ0v) is 13.5. The van der Waals surface area contributed by atoms with E-state index in [9.17, 15) is 4.79 Å². The van der Waals surface area contributed by atoms with Gasteiger partial charge in [0, 0.05) is 0 Å². The second-order valence-electron chi connectivity index (χ2n) is 4.05. The van der Waals surface area contributed by atoms with Gasteiger partial charge in [-0.15, -0.1) is 0 Å². The molecule has 0 spiro atoms. The van der Waals surface area contributed by atoms with E-state index in [0.717, 1.165) is 12.0 Å². The second-order valence-corrected chi connectivity index (χ2v) is 5.63. The molecule has 1 unspecified atom stereocenters. The highest BCUT2D eigenvalue weighted by atomic mass is 79.9. The topological polar surface area (TPSA) is 57.8 Å². The van der Waals surface area contributed by atoms with Gasteiger partial charge in [-0.3, -0.25) is 9.89 Å². The van der Waals surface area contributed by atoms with Crippen LogP contribution >= 0.6 is 31.9 Å². The molecular weight excluding hydrogens is 374 g/mol. The van der Waals surface area contributed by atoms with Crippen LogP contribution in [0.5, 0.6) is 0 Å². The first-order chi connectivity index (χ1) is 9.13. The zero-order valence-electron chi connectivity index (χ0n) is 10.3. The minimum Gasteiger partial charge on any atom is -0.344 e. The summed E-state index contributed by atoms with van der Waals surface area (Å²) in [5.41, 5.74) is 1.44. The van der Waals surface area contributed by atoms with E-state index in [4.69, 9.17) is 0 Å². The molecular formula is C13H13Br2N3O. The van der Waals surface area contributed by atoms with Gasteiger partial charge in [-0.05, 0) is 43.8 Å². The predicted molar refractivity (Wildman–Crippen MR) is 80.9 cm³/mol. The predicted octanol–water partition coefficient (Wildman–Crippen LogP) is 3.82. The summed E-state index contributed by atoms with van der Waals surface area (Å²) in [5, 5.41) is 9.65. The van der Waals surface area contributed by atoms with Crippen LogP contribution in [-0.2, 0) is 0 Å². The third kappa shape index (κ3) is 3.25. The van der Waals surface area contributed by atoms with Crippen molar-refractivity contribution in [2.75, 3.05) is 0 Å². The average Bonchev–Trinajstić information content (AvgIpc) is 2.77. The molecule has 2 N–H and O–H groups in total. The van der Waals surface area contributed by atoms with Gasteiger partial charge in [0.2, 0.25) is 0 Å². The van der Waals surface area contributed by atoms with Crippen LogP contribution in [0.3, 0.4) is 0 Å². The average molecular weight is 387 g/mol. The van der Waals surface area contributed by atoms with Crippen molar-refractivity contribution in [1.82, 2.24) is 15.5 Å². The first-order valence-corrected chi connectivity index (χ1v) is 7.47. The fourth-order valence-corrected chi connectivity index (χ4v) is 2.42. The normalized spacial score (nSPS) is 12.2. The van der Waals surface area contributed by atoms with Crippen molar-refractivity contribution in [3.05, 3.63) is 50.7 Å². The highest BCUT2D eigenvalue weighted by Crippen LogP contribution is 2.24. The molecule has 0 radical (unpaired) electrons. The number of carbonyl (C=O) groups is 1. The number of nitrogens with one attached hydrogen (secondary N) is 2. The molecule has 1 atom stereocenters. The summed E-state index contributed by atoms with van der Waals surface area (Å²) in [5.74, 6) is -0.204. The first-order valence-electron chi connectivity index (χ1n) is 5.88. The maximum absolute atomic E-state index is 12.2. The molecule has 2 aromatic rings. The van der Waals surface area contributed by atoms with Crippen LogP contribution < -0.4 is 5.32 Å². The molecule has 0 aliphatic carbocycles. The number of aromatic amines is 1. The van der Waals surface area contributed by atoms with Crippen molar-refractivity contribution in [2.45, 2.75) is 19.4 Å². The second kappa shape index (κ2) is 6.34. The Bertz CT molecular complexity index is 569. The summed E-state index contributed by atoms with van der Waals surface area (Å²) in [6.07, 6.45) is 0.818. The molecule has 2 rings (SSSR count). The monoisotopic (exact) mass is 385 g/mol. The van der Waals surface area contributed by atoms with E-state index in [1.165, 1.54) is 0 Å². The fraction of sp³-hybridized carbons (Fsp3) is 0.231. The molecule has 6 heteroatoms. The van der Waals surface area contributed by atoms with Crippen molar-refractivity contribution in [3.63, 3.8) is 0 Å². The van der Waals surface area contributed by atoms with Gasteiger partial charge in [-0.2, -0.15) is 5.10 Å². The van der Waals surface area contributed by atoms with Gasteiger partial charge in [0.1, 0.15) is 4.60 Å². The Morgan fingerprint density at radius 3 is 2.58 bits per heavy atom. The SMILES string of the molecule is CCC(NC(=O)c1n[nH]c(Br)c1Br)c1ccccc1. The molecule has 1 heterocycles. The maximum atomic E-state index is 12.2. The van der Waals surface area contributed by atoms with E-state index in [0.29, 0.717) is 14.8 Å². The van der Waals surface area contributed by atoms with Crippen LogP contribution in [0.15, 0.2) is 39.4 Å². The third-order valence-corrected chi connectivity index (χ3v) is 4.68. The summed E-state index contributed by atoms with van der Waals surface area (Å²) >= 11 is 6.59. The smallest absolute Gasteiger partial charge is 0.273 e. The Hall–Kier alpha value is -1.14. The Labute approximate surface area is 128 Å². The van der Waals surface area contributed by atoms with Gasteiger partial charge in [0.25, 0.3) is 5.91 Å². The minimum atomic E-state index is -0.204. The standard InChI is InChI=1S/C13H13Br2N3O/c1-2-9(8-6-4-3-5-7-8)16-13(19)11-10(14)12(15)18-17-11/h3-7,9H,2H2,1H3,(H,16,19)(H,17,18). The highest BCUT2D eigenvalue weighted by molar-refractivity contribution is 9.13. The maximum Gasteiger partial charge on any atom is 0.273 e. The van der Waals surface area contributed by atoms with Crippen molar-refractivity contribution in [1.29, 1.82) is 0 Å². The molecule has 1 aromatic heterocycles. The van der Waals surface area contributed by atoms with E-state index in [1.54, 1.807) is 0 Å². The quantitative estimate of drug-likeness (QED) is 0.839. The van der Waals surface area contributed by atoms with Gasteiger partial charge >= 0.3 is 0 Å². The van der Waals surface area contributed by atoms with Crippen LogP contribution in [0.4, 0.5) is 0 Å². The first kappa shape index (κ1) is 14.3. The van der Waals surface area contributed by atoms with Gasteiger partial charge in [0.15, 0.2) is 5.69 Å². The van der Waals surface area contributed by atoms with Crippen LogP contribution in [0.25, 0.3) is 0 Å². The van der Waals surface area contributed by atoms with Crippen LogP contribution in [0.2, 0.25) is 0 Å². The highest BCUT2D eigenvalue weighted by Gasteiger charge is 2.19. The lowest BCUT2D eigenvalue weighted by Crippen LogP contribution is -2.28. The molecule has 0 bridgehead atoms. The number of amides is 1. The summed E-state index contributed by atoms with van der Waals surface area (Å²) < 4.78 is 1.29. The number of rotatable bonds is 4. The Kier molecular flexibility index (Phi) is 4.76. The number of nitrogens with zero attached hydrogens (tertiary/aromatic N) is 1. The minimum absolute atomic E-state index is 0.0175. The van der Waals surface area contributed by atoms with E-state index in [-0.39, 0.29) is 11.9 Å². The van der Waals surface area contributed by atoms with Gasteiger partial charge < -0.3 is 5.32 Å². The van der Waals surface area contributed by atoms with Crippen molar-refractivity contribution in [2.24, 2.45) is 0 Å². The molecule has 1 amide bonds. The van der Waals surface area contributed by atoms with Gasteiger partial charge in [-0.1, -0.05) is 37.3 Å². The van der Waals surface area contributed by atoms with Crippen molar-refractivity contribution in [3.8, 4) is 0 Å². The number of hydrogen-bond acceptors (Lipinski definition) is 2. The molecule has 0 saturated heterocycles. The van der Waals surface area contributed by atoms with Gasteiger partial charge in [0.05, 0.1) is 10.5 Å². The van der Waals surface area contributed by atoms with Crippen molar-refractivity contribution < 1.29 is 4.79 Å². The lowest BCUT2D eigenvalue weighted by Gasteiger charge is -2.16. The van der Waals surface area contributed by atoms with E-state index < -0.39 is 0 Å². The largest absolute Gasteiger partial charge is 0.344 e. The summed E-state index contributed by atoms with van der Waals surface area (Å²) in [4.78, 5) is 12.2. The van der Waals surface area contributed by atoms with Crippen LogP contribution in [0, 0.1) is 0 Å². The number of halogens is 2. The molecule has 0 saturated carbocycles. The number of aromatic nitrogens is 2. The Morgan fingerprint density at radius 1 is 1.37 bits per heavy atom. The summed E-state index contributed by atoms with van der Waals surface area (Å²) in [6.45, 7) is 2.04. The molecule has 19 heavy (non-hydrogen) atoms. The van der Waals surface area contributed by atoms with Gasteiger partial charge in [-0.25, -0.2) is 0 Å². The molecule has 1 aromatic carbocycles. The molecule has 0 aliphatic rings. The zero-order chi connectivity index (χ0) is 13.8. The Balaban J connectivity index is 2.15. The number of hydrogen-bond donors (Lipinski definition) is 2. The van der Waals surface area contributed by atoms with E-state index in [2.05, 4.69) is 47.4 Å². The third-order valence-electron chi connectivity index (χ3n) is 2.80. The number of benzene rings is 1. The Morgan fingerprint density at radius 2 is 2.05 bits per heavy atom. The lowest BCUT2D eigenvalue weighted by atomic mass is 10.0. The fourth-order valence-electron chi connectivity index (χ4n) is 1.79. The molecule has 0 fully saturated rings. The van der Waals surface area contributed by atoms with Crippen LogP contribution in [0.1, 0.15) is 35.4 Å². The molecule has 4 nitrogen and oxygen atoms in total. The van der Waals surface area contributed by atoms with Crippen LogP contribution in [-0.4, -0.2) is 16.1 Å². The molecule has 0 aliphatic heterocycles. The summed E-state index contributed by atoms with van der Waals surface area (Å²) in [6, 6.07) is 9.88. The lowest BCUT2D eigenvalue weighted by molar-refractivity contribution is 0.0929.